The molecule has 2 rings (SSSR count). The molecule has 1 heterocycles. The summed E-state index contributed by atoms with van der Waals surface area (Å²) < 4.78 is 27.2. The van der Waals surface area contributed by atoms with Crippen LogP contribution in [0.15, 0.2) is 29.2 Å². The molecule has 0 saturated carbocycles. The van der Waals surface area contributed by atoms with Crippen LogP contribution in [0, 0.1) is 5.92 Å². The zero-order chi connectivity index (χ0) is 18.4. The van der Waals surface area contributed by atoms with Crippen molar-refractivity contribution >= 4 is 27.5 Å². The minimum Gasteiger partial charge on any atom is -0.341 e. The quantitative estimate of drug-likeness (QED) is 0.748. The van der Waals surface area contributed by atoms with Crippen LogP contribution in [0.25, 0.3) is 0 Å². The summed E-state index contributed by atoms with van der Waals surface area (Å²) in [5.74, 6) is 0.393. The van der Waals surface area contributed by atoms with Crippen LogP contribution in [0.1, 0.15) is 26.7 Å². The zero-order valence-corrected chi connectivity index (χ0v) is 16.2. The molecule has 0 radical (unpaired) electrons. The molecule has 1 aromatic rings. The first-order chi connectivity index (χ1) is 11.8. The van der Waals surface area contributed by atoms with Gasteiger partial charge in [-0.1, -0.05) is 18.5 Å². The number of sulfonamides is 1. The van der Waals surface area contributed by atoms with Crippen molar-refractivity contribution in [2.75, 3.05) is 26.2 Å². The standard InChI is InChI=1S/C17H26ClN3O3S/c1-3-19-12-14-8-10-21(11-9-14)17(22)13(2)20-25(23,24)16-6-4-15(18)5-7-16/h4-7,13-14,19-20H,3,8-12H2,1-2H3. The van der Waals surface area contributed by atoms with Crippen molar-refractivity contribution in [2.24, 2.45) is 5.92 Å². The molecular weight excluding hydrogens is 362 g/mol. The fourth-order valence-corrected chi connectivity index (χ4v) is 4.27. The molecule has 1 saturated heterocycles. The Bertz CT molecular complexity index is 671. The Hall–Kier alpha value is -1.15. The highest BCUT2D eigenvalue weighted by molar-refractivity contribution is 7.89. The van der Waals surface area contributed by atoms with Crippen molar-refractivity contribution in [3.05, 3.63) is 29.3 Å². The van der Waals surface area contributed by atoms with E-state index in [0.29, 0.717) is 24.0 Å². The molecule has 0 aromatic heterocycles. The van der Waals surface area contributed by atoms with Crippen LogP contribution in [0.5, 0.6) is 0 Å². The molecule has 1 atom stereocenters. The number of nitrogens with one attached hydrogen (secondary N) is 2. The average molecular weight is 388 g/mol. The van der Waals surface area contributed by atoms with Gasteiger partial charge in [0.15, 0.2) is 0 Å². The normalized spacial score (nSPS) is 17.5. The molecule has 25 heavy (non-hydrogen) atoms. The van der Waals surface area contributed by atoms with Gasteiger partial charge in [-0.05, 0) is 63.0 Å². The Morgan fingerprint density at radius 3 is 2.44 bits per heavy atom. The summed E-state index contributed by atoms with van der Waals surface area (Å²) in [5.41, 5.74) is 0. The molecule has 2 N–H and O–H groups in total. The van der Waals surface area contributed by atoms with Gasteiger partial charge in [0.05, 0.1) is 10.9 Å². The highest BCUT2D eigenvalue weighted by Gasteiger charge is 2.28. The molecule has 1 amide bonds. The molecular formula is C17H26ClN3O3S. The van der Waals surface area contributed by atoms with E-state index < -0.39 is 16.1 Å². The van der Waals surface area contributed by atoms with Gasteiger partial charge in [0.1, 0.15) is 0 Å². The van der Waals surface area contributed by atoms with Crippen LogP contribution < -0.4 is 10.0 Å². The molecule has 1 fully saturated rings. The first-order valence-corrected chi connectivity index (χ1v) is 10.5. The summed E-state index contributed by atoms with van der Waals surface area (Å²) in [6.07, 6.45) is 1.88. The van der Waals surface area contributed by atoms with Gasteiger partial charge < -0.3 is 10.2 Å². The highest BCUT2D eigenvalue weighted by Crippen LogP contribution is 2.18. The predicted molar refractivity (Wildman–Crippen MR) is 99.1 cm³/mol. The number of halogens is 1. The lowest BCUT2D eigenvalue weighted by atomic mass is 9.96. The van der Waals surface area contributed by atoms with Gasteiger partial charge in [-0.2, -0.15) is 4.72 Å². The van der Waals surface area contributed by atoms with Crippen LogP contribution in [0.4, 0.5) is 0 Å². The number of carbonyl (C=O) groups excluding carboxylic acids is 1. The third-order valence-corrected chi connectivity index (χ3v) is 6.24. The number of nitrogens with zero attached hydrogens (tertiary/aromatic N) is 1. The van der Waals surface area contributed by atoms with Gasteiger partial charge in [0, 0.05) is 18.1 Å². The number of piperidine rings is 1. The van der Waals surface area contributed by atoms with Crippen molar-refractivity contribution in [3.63, 3.8) is 0 Å². The topological polar surface area (TPSA) is 78.5 Å². The third kappa shape index (κ3) is 5.67. The van der Waals surface area contributed by atoms with Crippen molar-refractivity contribution in [1.82, 2.24) is 14.9 Å². The van der Waals surface area contributed by atoms with E-state index in [1.54, 1.807) is 11.8 Å². The Morgan fingerprint density at radius 2 is 1.88 bits per heavy atom. The second-order valence-corrected chi connectivity index (χ2v) is 8.52. The summed E-state index contributed by atoms with van der Waals surface area (Å²) >= 11 is 5.78. The Balaban J connectivity index is 1.91. The largest absolute Gasteiger partial charge is 0.341 e. The van der Waals surface area contributed by atoms with E-state index in [0.717, 1.165) is 25.9 Å². The Kier molecular flexibility index (Phi) is 7.25. The van der Waals surface area contributed by atoms with Crippen LogP contribution in [0.2, 0.25) is 5.02 Å². The molecule has 1 aromatic carbocycles. The fourth-order valence-electron chi connectivity index (χ4n) is 2.94. The van der Waals surface area contributed by atoms with Crippen molar-refractivity contribution < 1.29 is 13.2 Å². The first-order valence-electron chi connectivity index (χ1n) is 8.61. The molecule has 0 aliphatic carbocycles. The number of amides is 1. The van der Waals surface area contributed by atoms with E-state index in [4.69, 9.17) is 11.6 Å². The number of benzene rings is 1. The van der Waals surface area contributed by atoms with Gasteiger partial charge in [-0.3, -0.25) is 4.79 Å². The second-order valence-electron chi connectivity index (χ2n) is 6.37. The van der Waals surface area contributed by atoms with E-state index in [1.807, 2.05) is 0 Å². The molecule has 1 unspecified atom stereocenters. The summed E-state index contributed by atoms with van der Waals surface area (Å²) in [5, 5.41) is 3.80. The maximum absolute atomic E-state index is 12.5. The van der Waals surface area contributed by atoms with E-state index in [9.17, 15) is 13.2 Å². The number of hydrogen-bond acceptors (Lipinski definition) is 4. The van der Waals surface area contributed by atoms with E-state index in [-0.39, 0.29) is 10.8 Å². The summed E-state index contributed by atoms with van der Waals surface area (Å²) in [4.78, 5) is 14.4. The predicted octanol–water partition coefficient (Wildman–Crippen LogP) is 1.85. The van der Waals surface area contributed by atoms with Gasteiger partial charge in [-0.25, -0.2) is 8.42 Å². The van der Waals surface area contributed by atoms with E-state index in [1.165, 1.54) is 24.3 Å². The number of hydrogen-bond donors (Lipinski definition) is 2. The minimum absolute atomic E-state index is 0.0981. The summed E-state index contributed by atoms with van der Waals surface area (Å²) in [6.45, 7) is 6.91. The maximum Gasteiger partial charge on any atom is 0.241 e. The molecule has 0 spiro atoms. The lowest BCUT2D eigenvalue weighted by Gasteiger charge is -2.33. The highest BCUT2D eigenvalue weighted by atomic mass is 35.5. The van der Waals surface area contributed by atoms with Crippen molar-refractivity contribution in [3.8, 4) is 0 Å². The van der Waals surface area contributed by atoms with E-state index in [2.05, 4.69) is 17.0 Å². The molecule has 1 aliphatic heterocycles. The van der Waals surface area contributed by atoms with Gasteiger partial charge in [0.25, 0.3) is 0 Å². The lowest BCUT2D eigenvalue weighted by molar-refractivity contribution is -0.133. The number of rotatable bonds is 7. The first kappa shape index (κ1) is 20.2. The lowest BCUT2D eigenvalue weighted by Crippen LogP contribution is -2.49. The van der Waals surface area contributed by atoms with Crippen LogP contribution >= 0.6 is 11.6 Å². The zero-order valence-electron chi connectivity index (χ0n) is 14.7. The van der Waals surface area contributed by atoms with Gasteiger partial charge >= 0.3 is 0 Å². The maximum atomic E-state index is 12.5. The van der Waals surface area contributed by atoms with Crippen molar-refractivity contribution in [1.29, 1.82) is 0 Å². The SMILES string of the molecule is CCNCC1CCN(C(=O)C(C)NS(=O)(=O)c2ccc(Cl)cc2)CC1. The van der Waals surface area contributed by atoms with Gasteiger partial charge in [-0.15, -0.1) is 0 Å². The average Bonchev–Trinajstić information content (AvgIpc) is 2.59. The minimum atomic E-state index is -3.75. The summed E-state index contributed by atoms with van der Waals surface area (Å²) in [6, 6.07) is 5.07. The molecule has 140 valence electrons. The summed E-state index contributed by atoms with van der Waals surface area (Å²) in [7, 11) is -3.75. The van der Waals surface area contributed by atoms with Crippen molar-refractivity contribution in [2.45, 2.75) is 37.6 Å². The van der Waals surface area contributed by atoms with Crippen LogP contribution in [-0.4, -0.2) is 51.4 Å². The molecule has 0 bridgehead atoms. The smallest absolute Gasteiger partial charge is 0.241 e. The third-order valence-electron chi connectivity index (χ3n) is 4.44. The van der Waals surface area contributed by atoms with Gasteiger partial charge in [0.2, 0.25) is 15.9 Å². The molecule has 8 heteroatoms. The fraction of sp³-hybridized carbons (Fsp3) is 0.588. The number of carbonyl (C=O) groups is 1. The second kappa shape index (κ2) is 8.98. The number of likely N-dealkylation sites (tertiary alicyclic amines) is 1. The van der Waals surface area contributed by atoms with Crippen LogP contribution in [-0.2, 0) is 14.8 Å². The van der Waals surface area contributed by atoms with E-state index >= 15 is 0 Å². The Labute approximate surface area is 155 Å². The monoisotopic (exact) mass is 387 g/mol. The molecule has 1 aliphatic rings. The molecule has 6 nitrogen and oxygen atoms in total. The van der Waals surface area contributed by atoms with Crippen LogP contribution in [0.3, 0.4) is 0 Å². The Morgan fingerprint density at radius 1 is 1.28 bits per heavy atom.